The van der Waals surface area contributed by atoms with E-state index in [1.54, 1.807) is 11.0 Å². The normalized spacial score (nSPS) is 30.5. The van der Waals surface area contributed by atoms with E-state index in [-0.39, 0.29) is 17.5 Å². The molecule has 0 N–H and O–H groups in total. The summed E-state index contributed by atoms with van der Waals surface area (Å²) < 4.78 is 0. The Morgan fingerprint density at radius 1 is 1.52 bits per heavy atom. The van der Waals surface area contributed by atoms with Gasteiger partial charge in [0.05, 0.1) is 17.0 Å². The SMILES string of the molecule is CC1(C=O)CC2C(=O)C=CC1N2c1ccc([N+](=O)[O-])cn1. The quantitative estimate of drug-likeness (QED) is 0.472. The fourth-order valence-electron chi connectivity index (χ4n) is 3.05. The van der Waals surface area contributed by atoms with Gasteiger partial charge in [0, 0.05) is 11.5 Å². The molecule has 3 unspecified atom stereocenters. The Morgan fingerprint density at radius 3 is 2.86 bits per heavy atom. The summed E-state index contributed by atoms with van der Waals surface area (Å²) in [6, 6.07) is 2.17. The second-order valence-corrected chi connectivity index (χ2v) is 5.59. The maximum Gasteiger partial charge on any atom is 0.287 e. The molecule has 3 rings (SSSR count). The van der Waals surface area contributed by atoms with Crippen LogP contribution in [0.1, 0.15) is 13.3 Å². The van der Waals surface area contributed by atoms with Gasteiger partial charge in [-0.25, -0.2) is 4.98 Å². The lowest BCUT2D eigenvalue weighted by atomic mass is 9.84. The van der Waals surface area contributed by atoms with Crippen molar-refractivity contribution in [2.45, 2.75) is 25.4 Å². The predicted molar refractivity (Wildman–Crippen MR) is 73.9 cm³/mol. The highest BCUT2D eigenvalue weighted by Crippen LogP contribution is 2.44. The van der Waals surface area contributed by atoms with Crippen LogP contribution in [0.5, 0.6) is 0 Å². The standard InChI is InChI=1S/C14H13N3O4/c1-14(8-18)6-10-11(19)3-4-12(14)16(10)13-5-2-9(7-15-13)17(20)21/h2-5,7-8,10,12H,6H2,1H3. The zero-order chi connectivity index (χ0) is 15.2. The molecule has 21 heavy (non-hydrogen) atoms. The number of ketones is 1. The Balaban J connectivity index is 2.02. The van der Waals surface area contributed by atoms with Crippen LogP contribution in [-0.4, -0.2) is 34.1 Å². The highest BCUT2D eigenvalue weighted by atomic mass is 16.6. The topological polar surface area (TPSA) is 93.4 Å². The number of hydrogen-bond acceptors (Lipinski definition) is 6. The third-order valence-electron chi connectivity index (χ3n) is 4.19. The highest BCUT2D eigenvalue weighted by Gasteiger charge is 2.52. The average molecular weight is 287 g/mol. The van der Waals surface area contributed by atoms with Gasteiger partial charge in [0.2, 0.25) is 0 Å². The fraction of sp³-hybridized carbons (Fsp3) is 0.357. The molecule has 0 amide bonds. The summed E-state index contributed by atoms with van der Waals surface area (Å²) >= 11 is 0. The van der Waals surface area contributed by atoms with E-state index in [0.29, 0.717) is 12.2 Å². The molecule has 7 heteroatoms. The van der Waals surface area contributed by atoms with Gasteiger partial charge in [-0.1, -0.05) is 13.0 Å². The van der Waals surface area contributed by atoms with Gasteiger partial charge in [-0.05, 0) is 18.6 Å². The van der Waals surface area contributed by atoms with Gasteiger partial charge in [0.25, 0.3) is 5.69 Å². The first kappa shape index (κ1) is 13.4. The van der Waals surface area contributed by atoms with Crippen LogP contribution in [0.25, 0.3) is 0 Å². The van der Waals surface area contributed by atoms with E-state index < -0.39 is 16.4 Å². The van der Waals surface area contributed by atoms with E-state index in [2.05, 4.69) is 4.98 Å². The smallest absolute Gasteiger partial charge is 0.287 e. The minimum atomic E-state index is -0.656. The molecular formula is C14H13N3O4. The van der Waals surface area contributed by atoms with Crippen LogP contribution in [-0.2, 0) is 9.59 Å². The molecule has 1 fully saturated rings. The van der Waals surface area contributed by atoms with E-state index in [1.165, 1.54) is 18.2 Å². The summed E-state index contributed by atoms with van der Waals surface area (Å²) in [6.07, 6.45) is 5.68. The summed E-state index contributed by atoms with van der Waals surface area (Å²) in [7, 11) is 0. The lowest BCUT2D eigenvalue weighted by Gasteiger charge is -2.33. The number of aromatic nitrogens is 1. The monoisotopic (exact) mass is 287 g/mol. The predicted octanol–water partition coefficient (Wildman–Crippen LogP) is 1.28. The van der Waals surface area contributed by atoms with Crippen LogP contribution in [0.2, 0.25) is 0 Å². The molecule has 108 valence electrons. The molecule has 1 aromatic heterocycles. The third-order valence-corrected chi connectivity index (χ3v) is 4.19. The Kier molecular flexibility index (Phi) is 2.86. The molecule has 3 heterocycles. The third kappa shape index (κ3) is 1.93. The number of fused-ring (bicyclic) bond motifs is 2. The molecule has 7 nitrogen and oxygen atoms in total. The van der Waals surface area contributed by atoms with Crippen molar-refractivity contribution in [2.24, 2.45) is 5.41 Å². The zero-order valence-corrected chi connectivity index (χ0v) is 11.3. The van der Waals surface area contributed by atoms with Crippen molar-refractivity contribution < 1.29 is 14.5 Å². The summed E-state index contributed by atoms with van der Waals surface area (Å²) in [5.74, 6) is 0.399. The van der Waals surface area contributed by atoms with Crippen LogP contribution in [0, 0.1) is 15.5 Å². The molecule has 0 aliphatic carbocycles. The first-order valence-electron chi connectivity index (χ1n) is 6.53. The lowest BCUT2D eigenvalue weighted by Crippen LogP contribution is -2.45. The van der Waals surface area contributed by atoms with Gasteiger partial charge in [0.1, 0.15) is 18.3 Å². The van der Waals surface area contributed by atoms with Gasteiger partial charge in [0.15, 0.2) is 5.78 Å². The number of nitro groups is 1. The van der Waals surface area contributed by atoms with Gasteiger partial charge >= 0.3 is 0 Å². The summed E-state index contributed by atoms with van der Waals surface area (Å²) in [4.78, 5) is 39.5. The van der Waals surface area contributed by atoms with Crippen molar-refractivity contribution in [1.82, 2.24) is 4.98 Å². The molecule has 0 saturated carbocycles. The Bertz CT molecular complexity index is 655. The summed E-state index contributed by atoms with van der Waals surface area (Å²) in [5, 5.41) is 10.7. The van der Waals surface area contributed by atoms with Crippen LogP contribution in [0.4, 0.5) is 11.5 Å². The number of carbonyl (C=O) groups is 2. The molecule has 1 aromatic rings. The lowest BCUT2D eigenvalue weighted by molar-refractivity contribution is -0.385. The minimum Gasteiger partial charge on any atom is -0.339 e. The molecular weight excluding hydrogens is 274 g/mol. The Morgan fingerprint density at radius 2 is 2.29 bits per heavy atom. The highest BCUT2D eigenvalue weighted by molar-refractivity contribution is 6.00. The van der Waals surface area contributed by atoms with Gasteiger partial charge in [-0.15, -0.1) is 0 Å². The number of hydrogen-bond donors (Lipinski definition) is 0. The van der Waals surface area contributed by atoms with Crippen molar-refractivity contribution in [3.8, 4) is 0 Å². The summed E-state index contributed by atoms with van der Waals surface area (Å²) in [6.45, 7) is 1.81. The molecule has 2 bridgehead atoms. The van der Waals surface area contributed by atoms with Crippen LogP contribution in [0.15, 0.2) is 30.5 Å². The fourth-order valence-corrected chi connectivity index (χ4v) is 3.05. The number of aldehydes is 1. The van der Waals surface area contributed by atoms with Crippen LogP contribution in [0.3, 0.4) is 0 Å². The van der Waals surface area contributed by atoms with E-state index in [0.717, 1.165) is 12.5 Å². The number of rotatable bonds is 3. The molecule has 2 aliphatic rings. The number of pyridine rings is 1. The van der Waals surface area contributed by atoms with Crippen molar-refractivity contribution in [3.63, 3.8) is 0 Å². The summed E-state index contributed by atoms with van der Waals surface area (Å²) in [5.41, 5.74) is -0.764. The van der Waals surface area contributed by atoms with E-state index >= 15 is 0 Å². The second kappa shape index (κ2) is 4.47. The van der Waals surface area contributed by atoms with E-state index in [1.807, 2.05) is 6.92 Å². The van der Waals surface area contributed by atoms with Crippen LogP contribution >= 0.6 is 0 Å². The van der Waals surface area contributed by atoms with Crippen LogP contribution < -0.4 is 4.90 Å². The first-order valence-corrected chi connectivity index (χ1v) is 6.53. The molecule has 1 saturated heterocycles. The number of nitrogens with zero attached hydrogens (tertiary/aromatic N) is 3. The molecule has 0 aromatic carbocycles. The Labute approximate surface area is 120 Å². The molecule has 0 spiro atoms. The molecule has 3 atom stereocenters. The van der Waals surface area contributed by atoms with Gasteiger partial charge < -0.3 is 9.69 Å². The second-order valence-electron chi connectivity index (χ2n) is 5.59. The maximum atomic E-state index is 12.0. The van der Waals surface area contributed by atoms with Crippen molar-refractivity contribution in [2.75, 3.05) is 4.90 Å². The van der Waals surface area contributed by atoms with Gasteiger partial charge in [-0.3, -0.25) is 14.9 Å². The molecule has 0 radical (unpaired) electrons. The zero-order valence-electron chi connectivity index (χ0n) is 11.3. The van der Waals surface area contributed by atoms with Crippen molar-refractivity contribution in [3.05, 3.63) is 40.6 Å². The minimum absolute atomic E-state index is 0.0722. The van der Waals surface area contributed by atoms with E-state index in [4.69, 9.17) is 0 Å². The largest absolute Gasteiger partial charge is 0.339 e. The van der Waals surface area contributed by atoms with Crippen molar-refractivity contribution >= 4 is 23.6 Å². The van der Waals surface area contributed by atoms with Gasteiger partial charge in [-0.2, -0.15) is 0 Å². The average Bonchev–Trinajstić information content (AvgIpc) is 2.71. The number of carbonyl (C=O) groups excluding carboxylic acids is 2. The maximum absolute atomic E-state index is 12.0. The molecule has 2 aliphatic heterocycles. The van der Waals surface area contributed by atoms with E-state index in [9.17, 15) is 19.7 Å². The Hall–Kier alpha value is -2.57. The van der Waals surface area contributed by atoms with Crippen molar-refractivity contribution in [1.29, 1.82) is 0 Å². The number of anilines is 1. The first-order chi connectivity index (χ1) is 9.96.